The standard InChI is InChI=1S/C25H32FN3O2/c1-19-7-10-24(31-2)21(15-19)16-27-11-13-28(14-12-27)18-25(30)29(22-8-9-22)17-20-5-3-4-6-23(20)26/h3-7,10,15,22H,8-9,11-14,16-18H2,1-2H3. The molecule has 1 amide bonds. The normalized spacial score (nSPS) is 17.5. The number of carbonyl (C=O) groups excluding carboxylic acids is 1. The van der Waals surface area contributed by atoms with Crippen LogP contribution in [-0.2, 0) is 17.9 Å². The number of nitrogens with zero attached hydrogens (tertiary/aromatic N) is 3. The molecule has 31 heavy (non-hydrogen) atoms. The van der Waals surface area contributed by atoms with Gasteiger partial charge in [0, 0.05) is 56.4 Å². The van der Waals surface area contributed by atoms with Gasteiger partial charge in [-0.1, -0.05) is 35.9 Å². The maximum absolute atomic E-state index is 14.1. The smallest absolute Gasteiger partial charge is 0.237 e. The molecule has 1 heterocycles. The van der Waals surface area contributed by atoms with E-state index in [1.54, 1.807) is 19.2 Å². The molecule has 1 aliphatic carbocycles. The third kappa shape index (κ3) is 5.63. The average molecular weight is 426 g/mol. The fourth-order valence-corrected chi connectivity index (χ4v) is 4.28. The van der Waals surface area contributed by atoms with Crippen molar-refractivity contribution in [2.75, 3.05) is 39.8 Å². The summed E-state index contributed by atoms with van der Waals surface area (Å²) in [6.07, 6.45) is 2.04. The maximum atomic E-state index is 14.1. The number of methoxy groups -OCH3 is 1. The van der Waals surface area contributed by atoms with Crippen LogP contribution < -0.4 is 4.74 Å². The van der Waals surface area contributed by atoms with Crippen molar-refractivity contribution in [1.82, 2.24) is 14.7 Å². The van der Waals surface area contributed by atoms with E-state index in [2.05, 4.69) is 28.9 Å². The summed E-state index contributed by atoms with van der Waals surface area (Å²) in [6.45, 7) is 7.28. The molecule has 1 saturated carbocycles. The number of amides is 1. The maximum Gasteiger partial charge on any atom is 0.237 e. The number of halogens is 1. The van der Waals surface area contributed by atoms with E-state index >= 15 is 0 Å². The van der Waals surface area contributed by atoms with Crippen molar-refractivity contribution in [3.63, 3.8) is 0 Å². The molecule has 2 fully saturated rings. The molecule has 6 heteroatoms. The van der Waals surface area contributed by atoms with Crippen LogP contribution in [0.4, 0.5) is 4.39 Å². The topological polar surface area (TPSA) is 36.0 Å². The van der Waals surface area contributed by atoms with Crippen LogP contribution >= 0.6 is 0 Å². The van der Waals surface area contributed by atoms with Crippen LogP contribution in [0.25, 0.3) is 0 Å². The lowest BCUT2D eigenvalue weighted by molar-refractivity contribution is -0.134. The van der Waals surface area contributed by atoms with E-state index in [4.69, 9.17) is 4.74 Å². The molecular formula is C25H32FN3O2. The molecule has 0 bridgehead atoms. The minimum absolute atomic E-state index is 0.111. The Morgan fingerprint density at radius 1 is 1.06 bits per heavy atom. The summed E-state index contributed by atoms with van der Waals surface area (Å²) in [5.74, 6) is 0.803. The van der Waals surface area contributed by atoms with Gasteiger partial charge in [-0.15, -0.1) is 0 Å². The second-order valence-electron chi connectivity index (χ2n) is 8.71. The summed E-state index contributed by atoms with van der Waals surface area (Å²) >= 11 is 0. The number of piperazine rings is 1. The lowest BCUT2D eigenvalue weighted by Crippen LogP contribution is -2.50. The zero-order valence-corrected chi connectivity index (χ0v) is 18.5. The van der Waals surface area contributed by atoms with Gasteiger partial charge < -0.3 is 9.64 Å². The van der Waals surface area contributed by atoms with Crippen LogP contribution in [0.3, 0.4) is 0 Å². The molecule has 1 saturated heterocycles. The average Bonchev–Trinajstić information content (AvgIpc) is 3.60. The van der Waals surface area contributed by atoms with E-state index < -0.39 is 0 Å². The summed E-state index contributed by atoms with van der Waals surface area (Å²) < 4.78 is 19.6. The SMILES string of the molecule is COc1ccc(C)cc1CN1CCN(CC(=O)N(Cc2ccccc2F)C2CC2)CC1. The van der Waals surface area contributed by atoms with Gasteiger partial charge in [-0.25, -0.2) is 4.39 Å². The largest absolute Gasteiger partial charge is 0.496 e. The second kappa shape index (κ2) is 9.79. The van der Waals surface area contributed by atoms with E-state index in [0.717, 1.165) is 51.3 Å². The molecule has 2 aromatic rings. The Balaban J connectivity index is 1.30. The molecule has 5 nitrogen and oxygen atoms in total. The van der Waals surface area contributed by atoms with Gasteiger partial charge in [-0.05, 0) is 31.9 Å². The molecule has 0 atom stereocenters. The van der Waals surface area contributed by atoms with Crippen molar-refractivity contribution >= 4 is 5.91 Å². The molecule has 0 unspecified atom stereocenters. The molecule has 0 spiro atoms. The highest BCUT2D eigenvalue weighted by Gasteiger charge is 2.34. The highest BCUT2D eigenvalue weighted by atomic mass is 19.1. The Labute approximate surface area is 184 Å². The van der Waals surface area contributed by atoms with Crippen LogP contribution in [0.1, 0.15) is 29.5 Å². The number of benzene rings is 2. The first-order valence-electron chi connectivity index (χ1n) is 11.1. The zero-order valence-electron chi connectivity index (χ0n) is 18.5. The zero-order chi connectivity index (χ0) is 21.8. The first-order chi connectivity index (χ1) is 15.0. The summed E-state index contributed by atoms with van der Waals surface area (Å²) in [4.78, 5) is 19.5. The highest BCUT2D eigenvalue weighted by molar-refractivity contribution is 5.79. The van der Waals surface area contributed by atoms with E-state index in [9.17, 15) is 9.18 Å². The quantitative estimate of drug-likeness (QED) is 0.649. The van der Waals surface area contributed by atoms with Gasteiger partial charge in [0.05, 0.1) is 13.7 Å². The van der Waals surface area contributed by atoms with Crippen molar-refractivity contribution in [3.05, 3.63) is 65.0 Å². The number of aryl methyl sites for hydroxylation is 1. The fourth-order valence-electron chi connectivity index (χ4n) is 4.28. The van der Waals surface area contributed by atoms with E-state index in [-0.39, 0.29) is 17.8 Å². The number of hydrogen-bond acceptors (Lipinski definition) is 4. The Hall–Kier alpha value is -2.44. The minimum Gasteiger partial charge on any atom is -0.496 e. The second-order valence-corrected chi connectivity index (χ2v) is 8.71. The van der Waals surface area contributed by atoms with Crippen LogP contribution in [0.5, 0.6) is 5.75 Å². The third-order valence-corrected chi connectivity index (χ3v) is 6.26. The van der Waals surface area contributed by atoms with Crippen molar-refractivity contribution in [3.8, 4) is 5.75 Å². The first kappa shape index (κ1) is 21.8. The third-order valence-electron chi connectivity index (χ3n) is 6.26. The molecule has 0 N–H and O–H groups in total. The van der Waals surface area contributed by atoms with E-state index in [1.165, 1.54) is 17.2 Å². The Kier molecular flexibility index (Phi) is 6.88. The highest BCUT2D eigenvalue weighted by Crippen LogP contribution is 2.29. The van der Waals surface area contributed by atoms with Crippen LogP contribution in [0.2, 0.25) is 0 Å². The molecule has 166 valence electrons. The van der Waals surface area contributed by atoms with Gasteiger partial charge in [0.15, 0.2) is 0 Å². The molecule has 2 aliphatic rings. The van der Waals surface area contributed by atoms with Crippen LogP contribution in [-0.4, -0.2) is 66.5 Å². The van der Waals surface area contributed by atoms with Gasteiger partial charge >= 0.3 is 0 Å². The molecule has 4 rings (SSSR count). The molecular weight excluding hydrogens is 393 g/mol. The Morgan fingerprint density at radius 2 is 1.77 bits per heavy atom. The number of hydrogen-bond donors (Lipinski definition) is 0. The van der Waals surface area contributed by atoms with Crippen molar-refractivity contribution < 1.29 is 13.9 Å². The molecule has 0 aromatic heterocycles. The number of rotatable bonds is 8. The van der Waals surface area contributed by atoms with E-state index in [0.29, 0.717) is 18.7 Å². The van der Waals surface area contributed by atoms with Crippen LogP contribution in [0.15, 0.2) is 42.5 Å². The van der Waals surface area contributed by atoms with Gasteiger partial charge in [-0.3, -0.25) is 14.6 Å². The number of carbonyl (C=O) groups is 1. The summed E-state index contributed by atoms with van der Waals surface area (Å²) in [5, 5.41) is 0. The Bertz CT molecular complexity index is 907. The first-order valence-corrected chi connectivity index (χ1v) is 11.1. The molecule has 2 aromatic carbocycles. The lowest BCUT2D eigenvalue weighted by Gasteiger charge is -2.35. The van der Waals surface area contributed by atoms with Gasteiger partial charge in [0.2, 0.25) is 5.91 Å². The summed E-state index contributed by atoms with van der Waals surface area (Å²) in [7, 11) is 1.71. The van der Waals surface area contributed by atoms with Gasteiger partial charge in [0.25, 0.3) is 0 Å². The predicted molar refractivity (Wildman–Crippen MR) is 119 cm³/mol. The fraction of sp³-hybridized carbons (Fsp3) is 0.480. The number of ether oxygens (including phenoxy) is 1. The minimum atomic E-state index is -0.235. The Morgan fingerprint density at radius 3 is 2.45 bits per heavy atom. The monoisotopic (exact) mass is 425 g/mol. The van der Waals surface area contributed by atoms with Gasteiger partial charge in [0.1, 0.15) is 11.6 Å². The van der Waals surface area contributed by atoms with Crippen molar-refractivity contribution in [2.45, 2.75) is 38.9 Å². The lowest BCUT2D eigenvalue weighted by atomic mass is 10.1. The molecule has 0 radical (unpaired) electrons. The van der Waals surface area contributed by atoms with Gasteiger partial charge in [-0.2, -0.15) is 0 Å². The predicted octanol–water partition coefficient (Wildman–Crippen LogP) is 3.45. The van der Waals surface area contributed by atoms with Crippen molar-refractivity contribution in [1.29, 1.82) is 0 Å². The van der Waals surface area contributed by atoms with Crippen LogP contribution in [0, 0.1) is 12.7 Å². The summed E-state index contributed by atoms with van der Waals surface area (Å²) in [5.41, 5.74) is 3.03. The summed E-state index contributed by atoms with van der Waals surface area (Å²) in [6, 6.07) is 13.3. The van der Waals surface area contributed by atoms with E-state index in [1.807, 2.05) is 17.0 Å². The molecule has 1 aliphatic heterocycles. The van der Waals surface area contributed by atoms with Crippen molar-refractivity contribution in [2.24, 2.45) is 0 Å².